The van der Waals surface area contributed by atoms with E-state index in [-0.39, 0.29) is 34.5 Å². The van der Waals surface area contributed by atoms with Gasteiger partial charge in [0.1, 0.15) is 6.29 Å². The molecule has 0 unspecified atom stereocenters. The molecule has 0 aromatic heterocycles. The van der Waals surface area contributed by atoms with E-state index in [1.807, 2.05) is 0 Å². The van der Waals surface area contributed by atoms with Gasteiger partial charge in [-0.15, -0.1) is 8.78 Å². The number of aldehydes is 1. The Kier molecular flexibility index (Phi) is 3.28. The largest absolute Gasteiger partial charge is 0.586 e. The first-order valence-electron chi connectivity index (χ1n) is 6.26. The molecule has 0 radical (unpaired) electrons. The van der Waals surface area contributed by atoms with Gasteiger partial charge in [0.2, 0.25) is 0 Å². The van der Waals surface area contributed by atoms with Gasteiger partial charge in [-0.25, -0.2) is 0 Å². The van der Waals surface area contributed by atoms with Gasteiger partial charge in [0.15, 0.2) is 11.5 Å². The van der Waals surface area contributed by atoms with Crippen molar-refractivity contribution in [2.45, 2.75) is 12.5 Å². The molecule has 2 aromatic carbocycles. The van der Waals surface area contributed by atoms with Crippen molar-refractivity contribution in [3.05, 3.63) is 47.5 Å². The number of ether oxygens (including phenoxy) is 2. The minimum atomic E-state index is -4.64. The highest BCUT2D eigenvalue weighted by Gasteiger charge is 2.43. The molecule has 3 nitrogen and oxygen atoms in total. The van der Waals surface area contributed by atoms with Crippen molar-refractivity contribution >= 4 is 6.29 Å². The summed E-state index contributed by atoms with van der Waals surface area (Å²) in [5.41, 5.74) is -0.972. The Morgan fingerprint density at radius 3 is 2.26 bits per heavy atom. The lowest BCUT2D eigenvalue weighted by atomic mass is 9.99. The van der Waals surface area contributed by atoms with Crippen LogP contribution < -0.4 is 9.47 Å². The van der Waals surface area contributed by atoms with Gasteiger partial charge in [-0.2, -0.15) is 13.2 Å². The van der Waals surface area contributed by atoms with E-state index < -0.39 is 18.0 Å². The fraction of sp³-hybridized carbons (Fsp3) is 0.133. The van der Waals surface area contributed by atoms with Crippen LogP contribution >= 0.6 is 0 Å². The van der Waals surface area contributed by atoms with Crippen molar-refractivity contribution in [2.75, 3.05) is 0 Å². The summed E-state index contributed by atoms with van der Waals surface area (Å²) in [6.45, 7) is 0. The van der Waals surface area contributed by atoms with E-state index in [1.54, 1.807) is 0 Å². The smallest absolute Gasteiger partial charge is 0.395 e. The number of benzene rings is 2. The number of carbonyl (C=O) groups is 1. The first kappa shape index (κ1) is 15.3. The van der Waals surface area contributed by atoms with Gasteiger partial charge in [-0.3, -0.25) is 4.79 Å². The predicted molar refractivity (Wildman–Crippen MR) is 68.5 cm³/mol. The Labute approximate surface area is 126 Å². The fourth-order valence-corrected chi connectivity index (χ4v) is 2.18. The van der Waals surface area contributed by atoms with Crippen LogP contribution in [0.5, 0.6) is 11.5 Å². The lowest BCUT2D eigenvalue weighted by Gasteiger charge is -2.10. The molecule has 0 aliphatic carbocycles. The molecule has 0 spiro atoms. The minimum Gasteiger partial charge on any atom is -0.395 e. The predicted octanol–water partition coefficient (Wildman–Crippen LogP) is 4.51. The summed E-state index contributed by atoms with van der Waals surface area (Å²) in [5, 5.41) is 0. The third kappa shape index (κ3) is 2.96. The van der Waals surface area contributed by atoms with Crippen molar-refractivity contribution in [1.82, 2.24) is 0 Å². The highest BCUT2D eigenvalue weighted by molar-refractivity contribution is 5.80. The Morgan fingerprint density at radius 2 is 1.61 bits per heavy atom. The van der Waals surface area contributed by atoms with E-state index in [4.69, 9.17) is 0 Å². The fourth-order valence-electron chi connectivity index (χ4n) is 2.18. The molecule has 0 bridgehead atoms. The van der Waals surface area contributed by atoms with E-state index in [9.17, 15) is 26.7 Å². The summed E-state index contributed by atoms with van der Waals surface area (Å²) in [4.78, 5) is 10.8. The van der Waals surface area contributed by atoms with E-state index >= 15 is 0 Å². The van der Waals surface area contributed by atoms with Crippen LogP contribution in [0.25, 0.3) is 11.1 Å². The average Bonchev–Trinajstić information content (AvgIpc) is 2.78. The van der Waals surface area contributed by atoms with Gasteiger partial charge in [0.05, 0.1) is 5.56 Å². The quantitative estimate of drug-likeness (QED) is 0.600. The third-order valence-electron chi connectivity index (χ3n) is 3.15. The summed E-state index contributed by atoms with van der Waals surface area (Å²) in [7, 11) is 0. The summed E-state index contributed by atoms with van der Waals surface area (Å²) < 4.78 is 73.0. The van der Waals surface area contributed by atoms with Gasteiger partial charge in [0.25, 0.3) is 0 Å². The van der Waals surface area contributed by atoms with Crippen molar-refractivity contribution < 1.29 is 36.2 Å². The molecule has 0 fully saturated rings. The van der Waals surface area contributed by atoms with E-state index in [0.29, 0.717) is 6.07 Å². The second kappa shape index (κ2) is 4.94. The van der Waals surface area contributed by atoms with Crippen LogP contribution in [0.1, 0.15) is 15.9 Å². The van der Waals surface area contributed by atoms with Gasteiger partial charge < -0.3 is 9.47 Å². The summed E-state index contributed by atoms with van der Waals surface area (Å²) in [6.07, 6.45) is -8.18. The first-order valence-corrected chi connectivity index (χ1v) is 6.26. The lowest BCUT2D eigenvalue weighted by Crippen LogP contribution is -2.25. The molecule has 120 valence electrons. The standard InChI is InChI=1S/C15H7F5O3/c16-14(17,18)11-4-8(7-21)3-10(5-11)9-1-2-12-13(6-9)23-15(19,20)22-12/h1-7H. The number of carbonyl (C=O) groups excluding carboxylic acids is 1. The Morgan fingerprint density at radius 1 is 0.913 bits per heavy atom. The second-order valence-electron chi connectivity index (χ2n) is 4.79. The van der Waals surface area contributed by atoms with Crippen molar-refractivity contribution in [3.63, 3.8) is 0 Å². The van der Waals surface area contributed by atoms with Crippen molar-refractivity contribution in [3.8, 4) is 22.6 Å². The second-order valence-corrected chi connectivity index (χ2v) is 4.79. The maximum absolute atomic E-state index is 13.0. The Balaban J connectivity index is 2.08. The van der Waals surface area contributed by atoms with Crippen LogP contribution in [0.4, 0.5) is 22.0 Å². The highest BCUT2D eigenvalue weighted by Crippen LogP contribution is 2.43. The number of hydrogen-bond acceptors (Lipinski definition) is 3. The van der Waals surface area contributed by atoms with Crippen LogP contribution in [0, 0.1) is 0 Å². The van der Waals surface area contributed by atoms with Crippen LogP contribution in [0.3, 0.4) is 0 Å². The number of fused-ring (bicyclic) bond motifs is 1. The lowest BCUT2D eigenvalue weighted by molar-refractivity contribution is -0.286. The summed E-state index contributed by atoms with van der Waals surface area (Å²) in [6, 6.07) is 6.33. The molecule has 3 rings (SSSR count). The molecule has 0 amide bonds. The molecular weight excluding hydrogens is 323 g/mol. The monoisotopic (exact) mass is 330 g/mol. The van der Waals surface area contributed by atoms with Crippen molar-refractivity contribution in [2.24, 2.45) is 0 Å². The van der Waals surface area contributed by atoms with Crippen LogP contribution in [-0.4, -0.2) is 12.6 Å². The van der Waals surface area contributed by atoms with E-state index in [0.717, 1.165) is 18.2 Å². The Hall–Kier alpha value is -2.64. The number of hydrogen-bond donors (Lipinski definition) is 0. The maximum atomic E-state index is 13.0. The molecule has 8 heteroatoms. The molecule has 1 aliphatic heterocycles. The molecule has 0 N–H and O–H groups in total. The molecule has 1 heterocycles. The zero-order valence-electron chi connectivity index (χ0n) is 11.2. The van der Waals surface area contributed by atoms with Crippen LogP contribution in [0.15, 0.2) is 36.4 Å². The number of rotatable bonds is 2. The van der Waals surface area contributed by atoms with Gasteiger partial charge in [-0.1, -0.05) is 6.07 Å². The zero-order valence-corrected chi connectivity index (χ0v) is 11.2. The number of alkyl halides is 5. The topological polar surface area (TPSA) is 35.5 Å². The maximum Gasteiger partial charge on any atom is 0.586 e. The molecule has 23 heavy (non-hydrogen) atoms. The molecule has 0 saturated heterocycles. The molecule has 0 saturated carbocycles. The third-order valence-corrected chi connectivity index (χ3v) is 3.15. The summed E-state index contributed by atoms with van der Waals surface area (Å²) >= 11 is 0. The first-order chi connectivity index (χ1) is 10.7. The van der Waals surface area contributed by atoms with Crippen LogP contribution in [-0.2, 0) is 6.18 Å². The minimum absolute atomic E-state index is 0.0449. The Bertz CT molecular complexity index is 783. The van der Waals surface area contributed by atoms with Crippen LogP contribution in [0.2, 0.25) is 0 Å². The zero-order chi connectivity index (χ0) is 16.8. The molecule has 1 aliphatic rings. The van der Waals surface area contributed by atoms with E-state index in [1.165, 1.54) is 12.1 Å². The molecule has 0 atom stereocenters. The average molecular weight is 330 g/mol. The van der Waals surface area contributed by atoms with E-state index in [2.05, 4.69) is 9.47 Å². The number of halogens is 5. The molecule has 2 aromatic rings. The van der Waals surface area contributed by atoms with Gasteiger partial charge >= 0.3 is 12.5 Å². The summed E-state index contributed by atoms with van der Waals surface area (Å²) in [5.74, 6) is -0.515. The SMILES string of the molecule is O=Cc1cc(-c2ccc3c(c2)OC(F)(F)O3)cc(C(F)(F)F)c1. The molecular formula is C15H7F5O3. The van der Waals surface area contributed by atoms with Gasteiger partial charge in [-0.05, 0) is 41.5 Å². The normalized spacial score (nSPS) is 15.5. The highest BCUT2D eigenvalue weighted by atomic mass is 19.4. The van der Waals surface area contributed by atoms with Crippen molar-refractivity contribution in [1.29, 1.82) is 0 Å². The van der Waals surface area contributed by atoms with Gasteiger partial charge in [0, 0.05) is 5.56 Å².